The molecule has 0 aliphatic carbocycles. The highest BCUT2D eigenvalue weighted by Gasteiger charge is 2.13. The molecule has 3 heteroatoms. The van der Waals surface area contributed by atoms with Crippen molar-refractivity contribution in [2.24, 2.45) is 0 Å². The van der Waals surface area contributed by atoms with E-state index in [-0.39, 0.29) is 0 Å². The van der Waals surface area contributed by atoms with Gasteiger partial charge in [0.25, 0.3) is 0 Å². The van der Waals surface area contributed by atoms with Crippen LogP contribution in [0.5, 0.6) is 0 Å². The number of halogens is 1. The summed E-state index contributed by atoms with van der Waals surface area (Å²) in [7, 11) is 0. The van der Waals surface area contributed by atoms with Crippen LogP contribution in [0.25, 0.3) is 10.9 Å². The van der Waals surface area contributed by atoms with E-state index in [1.165, 1.54) is 5.56 Å². The smallest absolute Gasteiger partial charge is 0.153 e. The SMILES string of the molecule is O=Cc1c(Br)n(CCc2ccccc2)c2ccccc12. The number of hydrogen-bond donors (Lipinski definition) is 0. The highest BCUT2D eigenvalue weighted by Crippen LogP contribution is 2.29. The summed E-state index contributed by atoms with van der Waals surface area (Å²) >= 11 is 3.56. The average molecular weight is 328 g/mol. The van der Waals surface area contributed by atoms with Gasteiger partial charge in [0.15, 0.2) is 6.29 Å². The predicted octanol–water partition coefficient (Wildman–Crippen LogP) is 4.46. The molecule has 1 heterocycles. The zero-order valence-electron chi connectivity index (χ0n) is 10.9. The van der Waals surface area contributed by atoms with E-state index in [1.54, 1.807) is 0 Å². The van der Waals surface area contributed by atoms with E-state index in [0.29, 0.717) is 0 Å². The van der Waals surface area contributed by atoms with Gasteiger partial charge >= 0.3 is 0 Å². The van der Waals surface area contributed by atoms with Gasteiger partial charge in [0.2, 0.25) is 0 Å². The van der Waals surface area contributed by atoms with Gasteiger partial charge in [-0.1, -0.05) is 48.5 Å². The molecule has 3 aromatic rings. The zero-order valence-corrected chi connectivity index (χ0v) is 12.5. The van der Waals surface area contributed by atoms with Gasteiger partial charge in [-0.25, -0.2) is 0 Å². The van der Waals surface area contributed by atoms with Gasteiger partial charge in [-0.05, 0) is 34.0 Å². The van der Waals surface area contributed by atoms with Crippen LogP contribution in [0.15, 0.2) is 59.2 Å². The van der Waals surface area contributed by atoms with Crippen LogP contribution in [0.4, 0.5) is 0 Å². The lowest BCUT2D eigenvalue weighted by Gasteiger charge is -2.07. The molecule has 0 atom stereocenters. The van der Waals surface area contributed by atoms with Gasteiger partial charge in [-0.15, -0.1) is 0 Å². The Hall–Kier alpha value is -1.87. The Balaban J connectivity index is 1.99. The summed E-state index contributed by atoms with van der Waals surface area (Å²) in [5.74, 6) is 0. The topological polar surface area (TPSA) is 22.0 Å². The molecule has 0 aliphatic rings. The number of carbonyl (C=O) groups is 1. The quantitative estimate of drug-likeness (QED) is 0.648. The van der Waals surface area contributed by atoms with Crippen LogP contribution in [-0.4, -0.2) is 10.9 Å². The van der Waals surface area contributed by atoms with E-state index in [2.05, 4.69) is 50.8 Å². The van der Waals surface area contributed by atoms with Crippen molar-refractivity contribution in [3.8, 4) is 0 Å². The minimum Gasteiger partial charge on any atom is -0.334 e. The first-order valence-corrected chi connectivity index (χ1v) is 7.36. The molecule has 0 saturated heterocycles. The molecule has 0 bridgehead atoms. The molecule has 0 N–H and O–H groups in total. The first-order valence-electron chi connectivity index (χ1n) is 6.57. The van der Waals surface area contributed by atoms with Crippen molar-refractivity contribution in [2.45, 2.75) is 13.0 Å². The van der Waals surface area contributed by atoms with Crippen molar-refractivity contribution >= 4 is 33.1 Å². The normalized spacial score (nSPS) is 10.8. The Morgan fingerprint density at radius 1 is 1.00 bits per heavy atom. The third kappa shape index (κ3) is 2.29. The molecule has 0 amide bonds. The van der Waals surface area contributed by atoms with Crippen molar-refractivity contribution in [3.05, 3.63) is 70.3 Å². The van der Waals surface area contributed by atoms with Crippen molar-refractivity contribution in [1.29, 1.82) is 0 Å². The highest BCUT2D eigenvalue weighted by molar-refractivity contribution is 9.10. The molecule has 0 aliphatic heterocycles. The number of nitrogens with zero attached hydrogens (tertiary/aromatic N) is 1. The molecular weight excluding hydrogens is 314 g/mol. The number of hydrogen-bond acceptors (Lipinski definition) is 1. The second-order valence-corrected chi connectivity index (χ2v) is 5.48. The minimum absolute atomic E-state index is 0.730. The average Bonchev–Trinajstić information content (AvgIpc) is 2.77. The molecule has 0 fully saturated rings. The summed E-state index contributed by atoms with van der Waals surface area (Å²) in [5.41, 5.74) is 3.12. The number of fused-ring (bicyclic) bond motifs is 1. The Kier molecular flexibility index (Phi) is 3.70. The van der Waals surface area contributed by atoms with Crippen LogP contribution in [0.3, 0.4) is 0 Å². The van der Waals surface area contributed by atoms with Crippen molar-refractivity contribution < 1.29 is 4.79 Å². The molecule has 0 radical (unpaired) electrons. The van der Waals surface area contributed by atoms with Gasteiger partial charge in [0, 0.05) is 17.4 Å². The van der Waals surface area contributed by atoms with Gasteiger partial charge in [-0.3, -0.25) is 4.79 Å². The number of benzene rings is 2. The summed E-state index contributed by atoms with van der Waals surface area (Å²) in [6.45, 7) is 0.846. The molecule has 100 valence electrons. The van der Waals surface area contributed by atoms with E-state index in [1.807, 2.05) is 24.3 Å². The molecule has 0 unspecified atom stereocenters. The van der Waals surface area contributed by atoms with Crippen LogP contribution in [0.1, 0.15) is 15.9 Å². The number of aldehydes is 1. The number of aromatic nitrogens is 1. The fraction of sp³-hybridized carbons (Fsp3) is 0.118. The van der Waals surface area contributed by atoms with Gasteiger partial charge in [0.05, 0.1) is 10.2 Å². The van der Waals surface area contributed by atoms with Gasteiger partial charge in [-0.2, -0.15) is 0 Å². The van der Waals surface area contributed by atoms with Crippen LogP contribution in [0.2, 0.25) is 0 Å². The maximum atomic E-state index is 11.3. The third-order valence-electron chi connectivity index (χ3n) is 3.53. The Morgan fingerprint density at radius 2 is 1.70 bits per heavy atom. The van der Waals surface area contributed by atoms with Gasteiger partial charge < -0.3 is 4.57 Å². The molecule has 0 saturated carbocycles. The fourth-order valence-corrected chi connectivity index (χ4v) is 3.19. The second-order valence-electron chi connectivity index (χ2n) is 4.73. The summed E-state index contributed by atoms with van der Waals surface area (Å²) in [6.07, 6.45) is 1.86. The fourth-order valence-electron chi connectivity index (χ4n) is 2.52. The molecule has 3 rings (SSSR count). The van der Waals surface area contributed by atoms with Crippen molar-refractivity contribution in [3.63, 3.8) is 0 Å². The predicted molar refractivity (Wildman–Crippen MR) is 85.2 cm³/mol. The second kappa shape index (κ2) is 5.63. The van der Waals surface area contributed by atoms with Crippen molar-refractivity contribution in [2.75, 3.05) is 0 Å². The van der Waals surface area contributed by atoms with Gasteiger partial charge in [0.1, 0.15) is 0 Å². The molecule has 20 heavy (non-hydrogen) atoms. The first kappa shape index (κ1) is 13.1. The summed E-state index contributed by atoms with van der Waals surface area (Å²) < 4.78 is 3.02. The third-order valence-corrected chi connectivity index (χ3v) is 4.38. The summed E-state index contributed by atoms with van der Waals surface area (Å²) in [4.78, 5) is 11.3. The Labute approximate surface area is 126 Å². The van der Waals surface area contributed by atoms with E-state index in [0.717, 1.165) is 40.3 Å². The van der Waals surface area contributed by atoms with E-state index in [9.17, 15) is 4.79 Å². The lowest BCUT2D eigenvalue weighted by molar-refractivity contribution is 0.112. The standard InChI is InChI=1S/C17H14BrNO/c18-17-15(12-20)14-8-4-5-9-16(14)19(17)11-10-13-6-2-1-3-7-13/h1-9,12H,10-11H2. The number of rotatable bonds is 4. The van der Waals surface area contributed by atoms with Crippen LogP contribution < -0.4 is 0 Å². The highest BCUT2D eigenvalue weighted by atomic mass is 79.9. The van der Waals surface area contributed by atoms with E-state index < -0.39 is 0 Å². The van der Waals surface area contributed by atoms with Crippen LogP contribution >= 0.6 is 15.9 Å². The van der Waals surface area contributed by atoms with Crippen molar-refractivity contribution in [1.82, 2.24) is 4.57 Å². The molecule has 2 aromatic carbocycles. The van der Waals surface area contributed by atoms with Crippen LogP contribution in [-0.2, 0) is 13.0 Å². The Morgan fingerprint density at radius 3 is 2.45 bits per heavy atom. The zero-order chi connectivity index (χ0) is 13.9. The van der Waals surface area contributed by atoms with Crippen LogP contribution in [0, 0.1) is 0 Å². The van der Waals surface area contributed by atoms with E-state index >= 15 is 0 Å². The Bertz CT molecular complexity index is 746. The molecule has 2 nitrogen and oxygen atoms in total. The molecule has 0 spiro atoms. The number of para-hydroxylation sites is 1. The summed E-state index contributed by atoms with van der Waals surface area (Å²) in [5, 5.41) is 1.00. The lowest BCUT2D eigenvalue weighted by Crippen LogP contribution is -2.01. The van der Waals surface area contributed by atoms with E-state index in [4.69, 9.17) is 0 Å². The maximum Gasteiger partial charge on any atom is 0.153 e. The largest absolute Gasteiger partial charge is 0.334 e. The monoisotopic (exact) mass is 327 g/mol. The lowest BCUT2D eigenvalue weighted by atomic mass is 10.1. The number of carbonyl (C=O) groups excluding carboxylic acids is 1. The molecule has 1 aromatic heterocycles. The molecular formula is C17H14BrNO. The minimum atomic E-state index is 0.730. The number of aryl methyl sites for hydroxylation is 2. The summed E-state index contributed by atoms with van der Waals surface area (Å²) in [6, 6.07) is 18.4. The first-order chi connectivity index (χ1) is 9.81. The maximum absolute atomic E-state index is 11.3.